The number of aliphatic hydroxyl groups excluding tert-OH is 3. The van der Waals surface area contributed by atoms with Gasteiger partial charge in [-0.25, -0.2) is 0 Å². The molecular formula is C5H9O3S. The average molecular weight is 149 g/mol. The lowest BCUT2D eigenvalue weighted by Crippen LogP contribution is -2.22. The first-order valence-electron chi connectivity index (χ1n) is 2.72. The predicted octanol–water partition coefficient (Wildman–Crippen LogP) is -0.641. The van der Waals surface area contributed by atoms with Gasteiger partial charge in [0.05, 0.1) is 18.0 Å². The molecule has 53 valence electrons. The SMILES string of the molecule is OC[C@@H]1SC[C@@H](O)[C]1O. The third-order valence-electron chi connectivity index (χ3n) is 1.29. The summed E-state index contributed by atoms with van der Waals surface area (Å²) in [4.78, 5) is 0. The molecule has 3 N–H and O–H groups in total. The van der Waals surface area contributed by atoms with E-state index in [0.717, 1.165) is 0 Å². The summed E-state index contributed by atoms with van der Waals surface area (Å²) in [5, 5.41) is 26.1. The number of hydrogen-bond donors (Lipinski definition) is 3. The molecule has 9 heavy (non-hydrogen) atoms. The van der Waals surface area contributed by atoms with Crippen LogP contribution in [0.3, 0.4) is 0 Å². The van der Waals surface area contributed by atoms with Crippen LogP contribution in [0.4, 0.5) is 0 Å². The first-order chi connectivity index (χ1) is 4.25. The fourth-order valence-electron chi connectivity index (χ4n) is 0.739. The maximum absolute atomic E-state index is 8.94. The highest BCUT2D eigenvalue weighted by atomic mass is 32.2. The molecule has 1 heterocycles. The number of hydrogen-bond acceptors (Lipinski definition) is 4. The lowest BCUT2D eigenvalue weighted by Gasteiger charge is -2.09. The first-order valence-corrected chi connectivity index (χ1v) is 3.77. The van der Waals surface area contributed by atoms with Crippen molar-refractivity contribution in [1.29, 1.82) is 0 Å². The van der Waals surface area contributed by atoms with E-state index in [1.54, 1.807) is 0 Å². The van der Waals surface area contributed by atoms with Crippen LogP contribution in [-0.2, 0) is 0 Å². The van der Waals surface area contributed by atoms with Gasteiger partial charge in [-0.3, -0.25) is 0 Å². The average Bonchev–Trinajstić information content (AvgIpc) is 2.15. The van der Waals surface area contributed by atoms with Crippen LogP contribution in [-0.4, -0.2) is 39.0 Å². The van der Waals surface area contributed by atoms with Crippen molar-refractivity contribution in [2.24, 2.45) is 0 Å². The van der Waals surface area contributed by atoms with E-state index in [-0.39, 0.29) is 18.0 Å². The van der Waals surface area contributed by atoms with Crippen molar-refractivity contribution >= 4 is 11.8 Å². The highest BCUT2D eigenvalue weighted by Crippen LogP contribution is 2.31. The van der Waals surface area contributed by atoms with Crippen LogP contribution in [0.5, 0.6) is 0 Å². The van der Waals surface area contributed by atoms with Crippen LogP contribution in [0.1, 0.15) is 0 Å². The van der Waals surface area contributed by atoms with Crippen LogP contribution in [0.15, 0.2) is 0 Å². The standard InChI is InChI=1S/C5H9O3S/c6-1-4-5(8)3(7)2-9-4/h3-4,6-8H,1-2H2/t3-,4+/m1/s1. The van der Waals surface area contributed by atoms with E-state index in [4.69, 9.17) is 15.3 Å². The molecule has 1 saturated heterocycles. The minimum atomic E-state index is -0.729. The summed E-state index contributed by atoms with van der Waals surface area (Å²) < 4.78 is 0. The molecule has 0 bridgehead atoms. The number of thioether (sulfide) groups is 1. The number of aliphatic hydroxyl groups is 3. The van der Waals surface area contributed by atoms with Gasteiger partial charge in [0.25, 0.3) is 0 Å². The molecule has 0 aromatic heterocycles. The van der Waals surface area contributed by atoms with Crippen molar-refractivity contribution in [2.45, 2.75) is 11.4 Å². The molecule has 1 fully saturated rings. The van der Waals surface area contributed by atoms with Gasteiger partial charge in [0.2, 0.25) is 0 Å². The van der Waals surface area contributed by atoms with Crippen LogP contribution in [0.25, 0.3) is 0 Å². The normalized spacial score (nSPS) is 37.7. The summed E-state index contributed by atoms with van der Waals surface area (Å²) in [5.41, 5.74) is 0. The molecule has 0 aromatic rings. The van der Waals surface area contributed by atoms with E-state index in [0.29, 0.717) is 5.75 Å². The highest BCUT2D eigenvalue weighted by Gasteiger charge is 2.34. The molecule has 2 atom stereocenters. The zero-order valence-corrected chi connectivity index (χ0v) is 5.64. The van der Waals surface area contributed by atoms with Crippen LogP contribution < -0.4 is 0 Å². The van der Waals surface area contributed by atoms with Crippen molar-refractivity contribution in [3.8, 4) is 0 Å². The van der Waals surface area contributed by atoms with Crippen molar-refractivity contribution < 1.29 is 15.3 Å². The lowest BCUT2D eigenvalue weighted by molar-refractivity contribution is 0.109. The first kappa shape index (κ1) is 7.34. The van der Waals surface area contributed by atoms with Crippen molar-refractivity contribution in [1.82, 2.24) is 0 Å². The summed E-state index contributed by atoms with van der Waals surface area (Å²) in [6.07, 6.45) is -0.713. The quantitative estimate of drug-likeness (QED) is 0.464. The summed E-state index contributed by atoms with van der Waals surface area (Å²) in [6.45, 7) is -0.0897. The van der Waals surface area contributed by atoms with E-state index in [1.807, 2.05) is 0 Å². The van der Waals surface area contributed by atoms with Gasteiger partial charge >= 0.3 is 0 Å². The van der Waals surface area contributed by atoms with Gasteiger partial charge in [0, 0.05) is 5.75 Å². The van der Waals surface area contributed by atoms with E-state index < -0.39 is 6.10 Å². The molecule has 1 aliphatic rings. The third-order valence-corrected chi connectivity index (χ3v) is 2.59. The fraction of sp³-hybridized carbons (Fsp3) is 0.800. The second kappa shape index (κ2) is 2.88. The van der Waals surface area contributed by atoms with Crippen molar-refractivity contribution in [3.05, 3.63) is 6.10 Å². The van der Waals surface area contributed by atoms with Crippen LogP contribution in [0.2, 0.25) is 0 Å². The minimum absolute atomic E-state index is 0.0162. The Labute approximate surface area is 57.7 Å². The molecule has 0 amide bonds. The molecule has 1 rings (SSSR count). The van der Waals surface area contributed by atoms with Gasteiger partial charge in [0.15, 0.2) is 0 Å². The highest BCUT2D eigenvalue weighted by molar-refractivity contribution is 8.00. The van der Waals surface area contributed by atoms with Gasteiger partial charge in [-0.15, -0.1) is 0 Å². The molecule has 0 spiro atoms. The molecule has 0 aromatic carbocycles. The fourth-order valence-corrected chi connectivity index (χ4v) is 1.76. The molecule has 1 aliphatic heterocycles. The van der Waals surface area contributed by atoms with Gasteiger partial charge in [-0.05, 0) is 0 Å². The third kappa shape index (κ3) is 1.38. The van der Waals surface area contributed by atoms with Crippen LogP contribution >= 0.6 is 11.8 Å². The Morgan fingerprint density at radius 1 is 1.67 bits per heavy atom. The van der Waals surface area contributed by atoms with Gasteiger partial charge in [-0.2, -0.15) is 11.8 Å². The maximum atomic E-state index is 8.94. The minimum Gasteiger partial charge on any atom is -0.395 e. The number of rotatable bonds is 1. The zero-order chi connectivity index (χ0) is 6.85. The largest absolute Gasteiger partial charge is 0.395 e. The molecule has 0 aliphatic carbocycles. The smallest absolute Gasteiger partial charge is 0.137 e. The predicted molar refractivity (Wildman–Crippen MR) is 34.5 cm³/mol. The molecular weight excluding hydrogens is 140 g/mol. The summed E-state index contributed by atoms with van der Waals surface area (Å²) in [6, 6.07) is 0. The zero-order valence-electron chi connectivity index (χ0n) is 4.82. The summed E-state index contributed by atoms with van der Waals surface area (Å²) >= 11 is 1.37. The second-order valence-electron chi connectivity index (χ2n) is 1.95. The molecule has 0 saturated carbocycles. The van der Waals surface area contributed by atoms with Gasteiger partial charge < -0.3 is 15.3 Å². The summed E-state index contributed by atoms with van der Waals surface area (Å²) in [7, 11) is 0. The van der Waals surface area contributed by atoms with Crippen LogP contribution in [0, 0.1) is 6.10 Å². The van der Waals surface area contributed by atoms with Gasteiger partial charge in [-0.1, -0.05) is 0 Å². The Kier molecular flexibility index (Phi) is 2.35. The Morgan fingerprint density at radius 2 is 2.33 bits per heavy atom. The molecule has 1 radical (unpaired) electrons. The van der Waals surface area contributed by atoms with E-state index in [1.165, 1.54) is 11.8 Å². The molecule has 3 nitrogen and oxygen atoms in total. The van der Waals surface area contributed by atoms with E-state index in [2.05, 4.69) is 0 Å². The second-order valence-corrected chi connectivity index (χ2v) is 3.18. The lowest BCUT2D eigenvalue weighted by atomic mass is 10.2. The van der Waals surface area contributed by atoms with E-state index in [9.17, 15) is 0 Å². The topological polar surface area (TPSA) is 60.7 Å². The Morgan fingerprint density at radius 3 is 2.56 bits per heavy atom. The van der Waals surface area contributed by atoms with Crippen molar-refractivity contribution in [3.63, 3.8) is 0 Å². The molecule has 4 heteroatoms. The Hall–Kier alpha value is 0.230. The Balaban J connectivity index is 2.41. The van der Waals surface area contributed by atoms with Crippen molar-refractivity contribution in [2.75, 3.05) is 12.4 Å². The molecule has 0 unspecified atom stereocenters. The van der Waals surface area contributed by atoms with Gasteiger partial charge in [0.1, 0.15) is 6.10 Å². The Bertz CT molecular complexity index is 98.2. The maximum Gasteiger partial charge on any atom is 0.137 e. The monoisotopic (exact) mass is 149 g/mol. The van der Waals surface area contributed by atoms with E-state index >= 15 is 0 Å². The summed E-state index contributed by atoms with van der Waals surface area (Å²) in [5.74, 6) is 0.497.